The molecule has 3 heterocycles. The molecule has 2 amide bonds. The van der Waals surface area contributed by atoms with Crippen LogP contribution in [0.1, 0.15) is 0 Å². The van der Waals surface area contributed by atoms with Gasteiger partial charge in [0, 0.05) is 39.3 Å². The fraction of sp³-hybridized carbons (Fsp3) is 0.200. The number of hydrogen-bond donors (Lipinski definition) is 2. The van der Waals surface area contributed by atoms with Crippen molar-refractivity contribution >= 4 is 44.0 Å². The van der Waals surface area contributed by atoms with Crippen LogP contribution in [0.4, 0.5) is 10.5 Å². The average molecular weight is 378 g/mol. The van der Waals surface area contributed by atoms with Gasteiger partial charge in [0.05, 0.1) is 24.9 Å². The maximum Gasteiger partial charge on any atom is 0.322 e. The predicted molar refractivity (Wildman–Crippen MR) is 108 cm³/mol. The van der Waals surface area contributed by atoms with Gasteiger partial charge in [0.1, 0.15) is 0 Å². The molecular formula is C20H18N4O2S. The smallest absolute Gasteiger partial charge is 0.322 e. The lowest BCUT2D eigenvalue weighted by molar-refractivity contribution is 0.0564. The molecule has 2 N–H and O–H groups in total. The van der Waals surface area contributed by atoms with Crippen LogP contribution in [0.5, 0.6) is 0 Å². The van der Waals surface area contributed by atoms with Crippen LogP contribution in [0.25, 0.3) is 31.4 Å². The number of nitrogens with one attached hydrogen (secondary N) is 2. The van der Waals surface area contributed by atoms with Gasteiger partial charge in [-0.2, -0.15) is 5.10 Å². The van der Waals surface area contributed by atoms with Crippen LogP contribution in [0.3, 0.4) is 0 Å². The molecule has 4 aromatic rings. The van der Waals surface area contributed by atoms with E-state index in [-0.39, 0.29) is 6.03 Å². The van der Waals surface area contributed by atoms with E-state index in [9.17, 15) is 4.79 Å². The van der Waals surface area contributed by atoms with Crippen molar-refractivity contribution in [2.75, 3.05) is 31.6 Å². The van der Waals surface area contributed by atoms with Crippen LogP contribution in [-0.2, 0) is 4.74 Å². The van der Waals surface area contributed by atoms with Gasteiger partial charge in [0.2, 0.25) is 0 Å². The van der Waals surface area contributed by atoms with E-state index in [0.717, 1.165) is 27.0 Å². The zero-order valence-corrected chi connectivity index (χ0v) is 15.4. The summed E-state index contributed by atoms with van der Waals surface area (Å²) < 4.78 is 6.56. The van der Waals surface area contributed by atoms with Crippen molar-refractivity contribution in [2.24, 2.45) is 0 Å². The lowest BCUT2D eigenvalue weighted by atomic mass is 10.1. The number of thiophene rings is 1. The van der Waals surface area contributed by atoms with E-state index in [2.05, 4.69) is 33.7 Å². The first kappa shape index (κ1) is 16.3. The molecule has 7 heteroatoms. The Morgan fingerprint density at radius 3 is 2.85 bits per heavy atom. The zero-order valence-electron chi connectivity index (χ0n) is 14.6. The minimum Gasteiger partial charge on any atom is -0.378 e. The number of fused-ring (bicyclic) bond motifs is 2. The Morgan fingerprint density at radius 2 is 2.00 bits per heavy atom. The third kappa shape index (κ3) is 3.05. The summed E-state index contributed by atoms with van der Waals surface area (Å²) in [7, 11) is 0. The Labute approximate surface area is 159 Å². The third-order valence-electron chi connectivity index (χ3n) is 4.79. The third-order valence-corrected chi connectivity index (χ3v) is 5.94. The molecule has 0 spiro atoms. The number of morpholine rings is 1. The first-order valence-electron chi connectivity index (χ1n) is 8.88. The lowest BCUT2D eigenvalue weighted by Gasteiger charge is -2.27. The van der Waals surface area contributed by atoms with Gasteiger partial charge in [-0.1, -0.05) is 18.2 Å². The minimum atomic E-state index is -0.0940. The molecule has 1 aliphatic rings. The number of carbonyl (C=O) groups excluding carboxylic acids is 1. The highest BCUT2D eigenvalue weighted by molar-refractivity contribution is 7.22. The summed E-state index contributed by atoms with van der Waals surface area (Å²) in [4.78, 5) is 15.5. The second kappa shape index (κ2) is 6.68. The van der Waals surface area contributed by atoms with E-state index < -0.39 is 0 Å². The van der Waals surface area contributed by atoms with Gasteiger partial charge in [-0.15, -0.1) is 11.3 Å². The summed E-state index contributed by atoms with van der Waals surface area (Å²) >= 11 is 1.74. The lowest BCUT2D eigenvalue weighted by Crippen LogP contribution is -2.43. The van der Waals surface area contributed by atoms with Crippen LogP contribution in [0.15, 0.2) is 48.7 Å². The monoisotopic (exact) mass is 378 g/mol. The van der Waals surface area contributed by atoms with Crippen LogP contribution in [0.2, 0.25) is 0 Å². The topological polar surface area (TPSA) is 70.2 Å². The van der Waals surface area contributed by atoms with Crippen molar-refractivity contribution in [3.05, 3.63) is 48.7 Å². The molecule has 0 atom stereocenters. The first-order chi connectivity index (χ1) is 13.3. The number of ether oxygens (including phenoxy) is 1. The van der Waals surface area contributed by atoms with Crippen molar-refractivity contribution < 1.29 is 9.53 Å². The second-order valence-electron chi connectivity index (χ2n) is 6.54. The van der Waals surface area contributed by atoms with Gasteiger partial charge in [0.15, 0.2) is 0 Å². The van der Waals surface area contributed by atoms with E-state index >= 15 is 0 Å². The van der Waals surface area contributed by atoms with E-state index in [1.165, 1.54) is 10.1 Å². The maximum atomic E-state index is 12.6. The molecule has 27 heavy (non-hydrogen) atoms. The van der Waals surface area contributed by atoms with Gasteiger partial charge >= 0.3 is 6.03 Å². The molecule has 136 valence electrons. The van der Waals surface area contributed by atoms with E-state index in [1.807, 2.05) is 24.3 Å². The highest BCUT2D eigenvalue weighted by Gasteiger charge is 2.18. The maximum absolute atomic E-state index is 12.6. The quantitative estimate of drug-likeness (QED) is 0.546. The Kier molecular flexibility index (Phi) is 4.03. The molecule has 1 saturated heterocycles. The number of amides is 2. The van der Waals surface area contributed by atoms with Crippen LogP contribution in [-0.4, -0.2) is 47.4 Å². The Balaban J connectivity index is 1.54. The molecule has 0 aliphatic carbocycles. The number of rotatable bonds is 2. The van der Waals surface area contributed by atoms with Gasteiger partial charge < -0.3 is 15.0 Å². The number of benzene rings is 2. The van der Waals surface area contributed by atoms with E-state index in [1.54, 1.807) is 22.4 Å². The first-order valence-corrected chi connectivity index (χ1v) is 9.69. The molecule has 5 rings (SSSR count). The van der Waals surface area contributed by atoms with E-state index in [4.69, 9.17) is 4.74 Å². The second-order valence-corrected chi connectivity index (χ2v) is 7.62. The van der Waals surface area contributed by atoms with Gasteiger partial charge in [-0.3, -0.25) is 5.10 Å². The predicted octanol–water partition coefficient (Wildman–Crippen LogP) is 4.31. The molecule has 6 nitrogen and oxygen atoms in total. The number of carbonyl (C=O) groups is 1. The highest BCUT2D eigenvalue weighted by Crippen LogP contribution is 2.38. The molecule has 1 fully saturated rings. The highest BCUT2D eigenvalue weighted by atomic mass is 32.1. The molecule has 1 aliphatic heterocycles. The van der Waals surface area contributed by atoms with Crippen molar-refractivity contribution in [1.82, 2.24) is 15.1 Å². The molecule has 0 unspecified atom stereocenters. The number of anilines is 1. The van der Waals surface area contributed by atoms with Crippen LogP contribution in [0, 0.1) is 0 Å². The molecular weight excluding hydrogens is 360 g/mol. The Bertz CT molecular complexity index is 1090. The minimum absolute atomic E-state index is 0.0940. The summed E-state index contributed by atoms with van der Waals surface area (Å²) in [5, 5.41) is 12.5. The number of nitrogens with zero attached hydrogens (tertiary/aromatic N) is 2. The number of hydrogen-bond acceptors (Lipinski definition) is 4. The summed E-state index contributed by atoms with van der Waals surface area (Å²) in [5.74, 6) is 0. The fourth-order valence-corrected chi connectivity index (χ4v) is 4.49. The molecule has 2 aromatic heterocycles. The number of urea groups is 1. The Hall–Kier alpha value is -2.90. The molecule has 0 bridgehead atoms. The normalized spacial score (nSPS) is 14.7. The number of aromatic nitrogens is 2. The molecule has 0 saturated carbocycles. The van der Waals surface area contributed by atoms with Crippen molar-refractivity contribution in [2.45, 2.75) is 0 Å². The van der Waals surface area contributed by atoms with Crippen molar-refractivity contribution in [1.29, 1.82) is 0 Å². The van der Waals surface area contributed by atoms with Crippen molar-refractivity contribution in [3.63, 3.8) is 0 Å². The molecule has 0 radical (unpaired) electrons. The largest absolute Gasteiger partial charge is 0.378 e. The van der Waals surface area contributed by atoms with Gasteiger partial charge in [-0.05, 0) is 29.7 Å². The van der Waals surface area contributed by atoms with Crippen LogP contribution >= 0.6 is 11.3 Å². The number of aromatic amines is 1. The summed E-state index contributed by atoms with van der Waals surface area (Å²) in [6.07, 6.45) is 1.79. The molecule has 2 aromatic carbocycles. The Morgan fingerprint density at radius 1 is 1.15 bits per heavy atom. The average Bonchev–Trinajstić information content (AvgIpc) is 3.34. The SMILES string of the molecule is O=C(Nc1cc(-c2cc3ccccc3s2)c2[nH]ncc2c1)N1CCOCC1. The standard InChI is InChI=1S/C20H18N4O2S/c25-20(24-5-7-26-8-6-24)22-15-9-14-12-21-23-19(14)16(11-15)18-10-13-3-1-2-4-17(13)27-18/h1-4,9-12H,5-8H2,(H,21,23)(H,22,25). The fourth-order valence-electron chi connectivity index (χ4n) is 3.41. The van der Waals surface area contributed by atoms with Crippen LogP contribution < -0.4 is 5.32 Å². The van der Waals surface area contributed by atoms with E-state index in [0.29, 0.717) is 26.3 Å². The van der Waals surface area contributed by atoms with Gasteiger partial charge in [-0.25, -0.2) is 4.79 Å². The summed E-state index contributed by atoms with van der Waals surface area (Å²) in [5.41, 5.74) is 2.79. The summed E-state index contributed by atoms with van der Waals surface area (Å²) in [6.45, 7) is 2.40. The zero-order chi connectivity index (χ0) is 18.2. The van der Waals surface area contributed by atoms with Crippen molar-refractivity contribution in [3.8, 4) is 10.4 Å². The summed E-state index contributed by atoms with van der Waals surface area (Å²) in [6, 6.07) is 14.4. The van der Waals surface area contributed by atoms with Gasteiger partial charge in [0.25, 0.3) is 0 Å². The number of H-pyrrole nitrogens is 1.